The minimum Gasteiger partial charge on any atom is -0.490 e. The lowest BCUT2D eigenvalue weighted by molar-refractivity contribution is 0.318. The molecule has 0 aliphatic carbocycles. The second-order valence-electron chi connectivity index (χ2n) is 3.23. The largest absolute Gasteiger partial charge is 0.490 e. The minimum atomic E-state index is 0.729. The Balaban J connectivity index is 2.52. The highest BCUT2D eigenvalue weighted by Gasteiger charge is 2.02. The molecule has 4 heteroatoms. The van der Waals surface area contributed by atoms with Crippen LogP contribution in [-0.4, -0.2) is 31.7 Å². The van der Waals surface area contributed by atoms with Gasteiger partial charge in [0.25, 0.3) is 0 Å². The van der Waals surface area contributed by atoms with E-state index < -0.39 is 0 Å². The fourth-order valence-electron chi connectivity index (χ4n) is 1.16. The molecule has 4 nitrogen and oxygen atoms in total. The van der Waals surface area contributed by atoms with Crippen LogP contribution in [0.4, 0.5) is 5.82 Å². The van der Waals surface area contributed by atoms with Crippen molar-refractivity contribution in [1.29, 1.82) is 0 Å². The van der Waals surface area contributed by atoms with Gasteiger partial charge in [0, 0.05) is 19.3 Å². The van der Waals surface area contributed by atoms with Crippen molar-refractivity contribution >= 4 is 5.82 Å². The maximum absolute atomic E-state index is 5.57. The summed E-state index contributed by atoms with van der Waals surface area (Å²) >= 11 is 0. The minimum absolute atomic E-state index is 0.729. The summed E-state index contributed by atoms with van der Waals surface area (Å²) < 4.78 is 5.57. The monoisotopic (exact) mass is 209 g/mol. The Kier molecular flexibility index (Phi) is 5.55. The standard InChI is InChI=1S/C11H19N3O/c1-3-9-15-10-5-4-6-13-11(10)14-8-7-12-2/h4-6,12H,3,7-9H2,1-2H3,(H,13,14). The Hall–Kier alpha value is -1.29. The molecule has 0 radical (unpaired) electrons. The number of hydrogen-bond acceptors (Lipinski definition) is 4. The number of pyridine rings is 1. The van der Waals surface area contributed by atoms with Crippen LogP contribution in [0.1, 0.15) is 13.3 Å². The van der Waals surface area contributed by atoms with Gasteiger partial charge in [0.05, 0.1) is 6.61 Å². The average molecular weight is 209 g/mol. The average Bonchev–Trinajstić information content (AvgIpc) is 2.28. The van der Waals surface area contributed by atoms with Gasteiger partial charge in [-0.2, -0.15) is 0 Å². The molecular weight excluding hydrogens is 190 g/mol. The second-order valence-corrected chi connectivity index (χ2v) is 3.23. The van der Waals surface area contributed by atoms with Crippen molar-refractivity contribution < 1.29 is 4.74 Å². The summed E-state index contributed by atoms with van der Waals surface area (Å²) in [7, 11) is 1.93. The Morgan fingerprint density at radius 1 is 1.40 bits per heavy atom. The van der Waals surface area contributed by atoms with Gasteiger partial charge in [-0.3, -0.25) is 0 Å². The molecule has 2 N–H and O–H groups in total. The zero-order valence-corrected chi connectivity index (χ0v) is 9.42. The predicted octanol–water partition coefficient (Wildman–Crippen LogP) is 1.50. The molecule has 0 aliphatic rings. The van der Waals surface area contributed by atoms with Crippen LogP contribution in [0.15, 0.2) is 18.3 Å². The number of ether oxygens (including phenoxy) is 1. The van der Waals surface area contributed by atoms with Crippen molar-refractivity contribution in [2.24, 2.45) is 0 Å². The van der Waals surface area contributed by atoms with E-state index in [9.17, 15) is 0 Å². The molecule has 0 saturated carbocycles. The summed E-state index contributed by atoms with van der Waals surface area (Å²) in [5, 5.41) is 6.29. The van der Waals surface area contributed by atoms with Gasteiger partial charge in [0.15, 0.2) is 11.6 Å². The van der Waals surface area contributed by atoms with Crippen LogP contribution < -0.4 is 15.4 Å². The van der Waals surface area contributed by atoms with Crippen molar-refractivity contribution in [3.05, 3.63) is 18.3 Å². The van der Waals surface area contributed by atoms with Crippen molar-refractivity contribution in [3.8, 4) is 5.75 Å². The molecule has 84 valence electrons. The van der Waals surface area contributed by atoms with Gasteiger partial charge in [0.1, 0.15) is 0 Å². The van der Waals surface area contributed by atoms with Gasteiger partial charge < -0.3 is 15.4 Å². The van der Waals surface area contributed by atoms with Crippen LogP contribution in [0.2, 0.25) is 0 Å². The predicted molar refractivity (Wildman–Crippen MR) is 62.4 cm³/mol. The van der Waals surface area contributed by atoms with Gasteiger partial charge in [-0.05, 0) is 25.6 Å². The van der Waals surface area contributed by atoms with Gasteiger partial charge in [0.2, 0.25) is 0 Å². The first-order valence-corrected chi connectivity index (χ1v) is 5.34. The smallest absolute Gasteiger partial charge is 0.168 e. The molecule has 0 saturated heterocycles. The summed E-state index contributed by atoms with van der Waals surface area (Å²) in [5.74, 6) is 1.65. The van der Waals surface area contributed by atoms with Gasteiger partial charge in [-0.25, -0.2) is 4.98 Å². The molecule has 0 aromatic carbocycles. The van der Waals surface area contributed by atoms with E-state index in [1.807, 2.05) is 19.2 Å². The Labute approximate surface area is 91.1 Å². The number of hydrogen-bond donors (Lipinski definition) is 2. The van der Waals surface area contributed by atoms with E-state index >= 15 is 0 Å². The molecule has 1 aromatic heterocycles. The first kappa shape index (κ1) is 11.8. The molecule has 0 unspecified atom stereocenters. The summed E-state index contributed by atoms with van der Waals surface area (Å²) in [6.07, 6.45) is 2.77. The highest BCUT2D eigenvalue weighted by Crippen LogP contribution is 2.20. The van der Waals surface area contributed by atoms with Crippen LogP contribution in [0.25, 0.3) is 0 Å². The summed E-state index contributed by atoms with van der Waals surface area (Å²) in [6.45, 7) is 4.57. The van der Waals surface area contributed by atoms with Crippen LogP contribution in [-0.2, 0) is 0 Å². The molecule has 0 amide bonds. The van der Waals surface area contributed by atoms with Crippen molar-refractivity contribution in [3.63, 3.8) is 0 Å². The number of nitrogens with one attached hydrogen (secondary N) is 2. The maximum atomic E-state index is 5.57. The van der Waals surface area contributed by atoms with Gasteiger partial charge in [-0.1, -0.05) is 6.92 Å². The Morgan fingerprint density at radius 2 is 2.27 bits per heavy atom. The highest BCUT2D eigenvalue weighted by molar-refractivity contribution is 5.49. The molecule has 0 spiro atoms. The van der Waals surface area contributed by atoms with E-state index in [2.05, 4.69) is 22.5 Å². The van der Waals surface area contributed by atoms with Crippen molar-refractivity contribution in [2.75, 3.05) is 32.1 Å². The molecule has 0 fully saturated rings. The zero-order valence-electron chi connectivity index (χ0n) is 9.42. The summed E-state index contributed by atoms with van der Waals surface area (Å²) in [6, 6.07) is 3.82. The lowest BCUT2D eigenvalue weighted by Gasteiger charge is -2.11. The topological polar surface area (TPSA) is 46.2 Å². The fraction of sp³-hybridized carbons (Fsp3) is 0.545. The third-order valence-electron chi connectivity index (χ3n) is 1.90. The van der Waals surface area contributed by atoms with E-state index in [4.69, 9.17) is 4.74 Å². The van der Waals surface area contributed by atoms with E-state index in [0.29, 0.717) is 0 Å². The SMILES string of the molecule is CCCOc1cccnc1NCCNC. The number of nitrogens with zero attached hydrogens (tertiary/aromatic N) is 1. The van der Waals surface area contributed by atoms with Crippen molar-refractivity contribution in [1.82, 2.24) is 10.3 Å². The van der Waals surface area contributed by atoms with E-state index in [1.165, 1.54) is 0 Å². The fourth-order valence-corrected chi connectivity index (χ4v) is 1.16. The van der Waals surface area contributed by atoms with Crippen LogP contribution >= 0.6 is 0 Å². The van der Waals surface area contributed by atoms with E-state index in [0.717, 1.165) is 37.7 Å². The molecule has 1 rings (SSSR count). The Morgan fingerprint density at radius 3 is 3.00 bits per heavy atom. The third-order valence-corrected chi connectivity index (χ3v) is 1.90. The second kappa shape index (κ2) is 7.06. The molecule has 0 atom stereocenters. The van der Waals surface area contributed by atoms with Gasteiger partial charge in [-0.15, -0.1) is 0 Å². The quantitative estimate of drug-likeness (QED) is 0.668. The number of anilines is 1. The lowest BCUT2D eigenvalue weighted by atomic mass is 10.4. The van der Waals surface area contributed by atoms with Crippen molar-refractivity contribution in [2.45, 2.75) is 13.3 Å². The maximum Gasteiger partial charge on any atom is 0.168 e. The molecule has 0 bridgehead atoms. The zero-order chi connectivity index (χ0) is 10.9. The number of likely N-dealkylation sites (N-methyl/N-ethyl adjacent to an activating group) is 1. The molecule has 1 aromatic rings. The lowest BCUT2D eigenvalue weighted by Crippen LogP contribution is -2.18. The van der Waals surface area contributed by atoms with E-state index in [-0.39, 0.29) is 0 Å². The van der Waals surface area contributed by atoms with Crippen LogP contribution in [0.5, 0.6) is 5.75 Å². The summed E-state index contributed by atoms with van der Waals surface area (Å²) in [5.41, 5.74) is 0. The highest BCUT2D eigenvalue weighted by atomic mass is 16.5. The van der Waals surface area contributed by atoms with E-state index in [1.54, 1.807) is 6.20 Å². The first-order valence-electron chi connectivity index (χ1n) is 5.34. The van der Waals surface area contributed by atoms with Crippen LogP contribution in [0.3, 0.4) is 0 Å². The molecular formula is C11H19N3O. The number of rotatable bonds is 7. The normalized spacial score (nSPS) is 10.0. The van der Waals surface area contributed by atoms with Gasteiger partial charge >= 0.3 is 0 Å². The molecule has 15 heavy (non-hydrogen) atoms. The Bertz CT molecular complexity index is 278. The molecule has 0 aliphatic heterocycles. The van der Waals surface area contributed by atoms with Crippen LogP contribution in [0, 0.1) is 0 Å². The number of aromatic nitrogens is 1. The summed E-state index contributed by atoms with van der Waals surface area (Å²) in [4.78, 5) is 4.24. The third kappa shape index (κ3) is 4.16. The molecule has 1 heterocycles. The first-order chi connectivity index (χ1) is 7.38.